The first kappa shape index (κ1) is 30.0. The molecule has 0 amide bonds. The van der Waals surface area contributed by atoms with Gasteiger partial charge in [0, 0.05) is 44.3 Å². The Morgan fingerprint density at radius 2 is 0.942 bits per heavy atom. The van der Waals surface area contributed by atoms with E-state index in [1.165, 1.54) is 22.6 Å². The van der Waals surface area contributed by atoms with Crippen LogP contribution in [0.5, 0.6) is 0 Å². The van der Waals surface area contributed by atoms with Crippen LogP contribution in [-0.2, 0) is 0 Å². The topological polar surface area (TPSA) is 13.1 Å². The van der Waals surface area contributed by atoms with Crippen LogP contribution in [0, 0.1) is 5.82 Å². The third-order valence-corrected chi connectivity index (χ3v) is 10.1. The number of halogens is 1. The van der Waals surface area contributed by atoms with E-state index in [1.54, 1.807) is 12.1 Å². The van der Waals surface area contributed by atoms with Crippen molar-refractivity contribution < 1.29 is 4.39 Å². The molecule has 52 heavy (non-hydrogen) atoms. The predicted octanol–water partition coefficient (Wildman–Crippen LogP) is 13.2. The fraction of sp³-hybridized carbons (Fsp3) is 0. The summed E-state index contributed by atoms with van der Waals surface area (Å²) in [5.41, 5.74) is 11.7. The van der Waals surface area contributed by atoms with Gasteiger partial charge in [0.15, 0.2) is 0 Å². The highest BCUT2D eigenvalue weighted by Gasteiger charge is 2.23. The van der Waals surface area contributed by atoms with Crippen molar-refractivity contribution in [2.24, 2.45) is 0 Å². The first-order valence-electron chi connectivity index (χ1n) is 17.6. The first-order chi connectivity index (χ1) is 25.7. The number of aromatic nitrogens is 2. The van der Waals surface area contributed by atoms with E-state index in [2.05, 4.69) is 172 Å². The van der Waals surface area contributed by atoms with Gasteiger partial charge in [-0.2, -0.15) is 0 Å². The molecule has 0 aliphatic rings. The Balaban J connectivity index is 1.23. The van der Waals surface area contributed by atoms with Gasteiger partial charge in [0.2, 0.25) is 0 Å². The van der Waals surface area contributed by atoms with Crippen LogP contribution in [0.2, 0.25) is 0 Å². The molecule has 0 N–H and O–H groups in total. The summed E-state index contributed by atoms with van der Waals surface area (Å²) in [5.74, 6) is -0.267. The van der Waals surface area contributed by atoms with Crippen LogP contribution in [0.25, 0.3) is 66.1 Å². The zero-order valence-corrected chi connectivity index (χ0v) is 28.2. The Bertz CT molecular complexity index is 2920. The van der Waals surface area contributed by atoms with Crippen molar-refractivity contribution in [1.82, 2.24) is 9.13 Å². The lowest BCUT2D eigenvalue weighted by atomic mass is 10.1. The minimum Gasteiger partial charge on any atom is -0.309 e. The van der Waals surface area contributed by atoms with E-state index < -0.39 is 0 Å². The molecule has 246 valence electrons. The van der Waals surface area contributed by atoms with Crippen molar-refractivity contribution in [3.05, 3.63) is 200 Å². The molecule has 8 aromatic carbocycles. The van der Waals surface area contributed by atoms with Crippen LogP contribution < -0.4 is 4.90 Å². The molecule has 0 fully saturated rings. The van der Waals surface area contributed by atoms with Crippen LogP contribution in [0.3, 0.4) is 0 Å². The van der Waals surface area contributed by atoms with Crippen LogP contribution in [0.4, 0.5) is 21.5 Å². The fourth-order valence-corrected chi connectivity index (χ4v) is 7.90. The highest BCUT2D eigenvalue weighted by Crippen LogP contribution is 2.45. The van der Waals surface area contributed by atoms with Crippen molar-refractivity contribution in [2.75, 3.05) is 4.90 Å². The Morgan fingerprint density at radius 3 is 1.71 bits per heavy atom. The number of para-hydroxylation sites is 4. The number of hydrogen-bond donors (Lipinski definition) is 0. The van der Waals surface area contributed by atoms with Crippen LogP contribution in [0.15, 0.2) is 194 Å². The van der Waals surface area contributed by atoms with Gasteiger partial charge >= 0.3 is 0 Å². The normalized spacial score (nSPS) is 11.6. The molecular weight excluding hydrogens is 638 g/mol. The van der Waals surface area contributed by atoms with Crippen LogP contribution >= 0.6 is 0 Å². The third kappa shape index (κ3) is 4.80. The highest BCUT2D eigenvalue weighted by molar-refractivity contribution is 6.15. The largest absolute Gasteiger partial charge is 0.309 e. The van der Waals surface area contributed by atoms with Crippen molar-refractivity contribution in [2.45, 2.75) is 0 Å². The average Bonchev–Trinajstić information content (AvgIpc) is 3.72. The van der Waals surface area contributed by atoms with Gasteiger partial charge in [-0.3, -0.25) is 0 Å². The van der Waals surface area contributed by atoms with Crippen LogP contribution in [-0.4, -0.2) is 9.13 Å². The fourth-order valence-electron chi connectivity index (χ4n) is 7.90. The monoisotopic (exact) mass is 669 g/mol. The zero-order valence-electron chi connectivity index (χ0n) is 28.2. The minimum absolute atomic E-state index is 0.267. The van der Waals surface area contributed by atoms with Gasteiger partial charge in [0.25, 0.3) is 0 Å². The molecule has 10 aromatic rings. The van der Waals surface area contributed by atoms with Gasteiger partial charge in [0.1, 0.15) is 5.82 Å². The molecule has 0 radical (unpaired) electrons. The average molecular weight is 670 g/mol. The zero-order chi connectivity index (χ0) is 34.6. The van der Waals surface area contributed by atoms with E-state index in [1.807, 2.05) is 18.2 Å². The molecule has 0 atom stereocenters. The third-order valence-electron chi connectivity index (χ3n) is 10.1. The van der Waals surface area contributed by atoms with E-state index in [0.717, 1.165) is 66.7 Å². The van der Waals surface area contributed by atoms with Gasteiger partial charge in [-0.1, -0.05) is 115 Å². The second kappa shape index (κ2) is 12.1. The van der Waals surface area contributed by atoms with Gasteiger partial charge < -0.3 is 14.0 Å². The molecule has 10 rings (SSSR count). The summed E-state index contributed by atoms with van der Waals surface area (Å²) in [6, 6.07) is 67.0. The van der Waals surface area contributed by atoms with Crippen molar-refractivity contribution in [3.8, 4) is 22.5 Å². The molecule has 4 heteroatoms. The van der Waals surface area contributed by atoms with E-state index in [9.17, 15) is 4.39 Å². The van der Waals surface area contributed by atoms with Crippen molar-refractivity contribution >= 4 is 60.7 Å². The lowest BCUT2D eigenvalue weighted by molar-refractivity contribution is 0.627. The molecule has 0 bridgehead atoms. The van der Waals surface area contributed by atoms with E-state index >= 15 is 0 Å². The Hall–Kier alpha value is -6.91. The highest BCUT2D eigenvalue weighted by atomic mass is 19.1. The maximum absolute atomic E-state index is 14.8. The van der Waals surface area contributed by atoms with Crippen LogP contribution in [0.1, 0.15) is 0 Å². The van der Waals surface area contributed by atoms with Gasteiger partial charge in [0.05, 0.1) is 27.8 Å². The first-order valence-corrected chi connectivity index (χ1v) is 17.6. The number of fused-ring (bicyclic) bond motifs is 6. The van der Waals surface area contributed by atoms with E-state index in [-0.39, 0.29) is 5.82 Å². The Kier molecular flexibility index (Phi) is 7.00. The summed E-state index contributed by atoms with van der Waals surface area (Å²) >= 11 is 0. The molecular formula is C48H32FN3. The predicted molar refractivity (Wildman–Crippen MR) is 215 cm³/mol. The van der Waals surface area contributed by atoms with Gasteiger partial charge in [-0.25, -0.2) is 4.39 Å². The summed E-state index contributed by atoms with van der Waals surface area (Å²) in [4.78, 5) is 2.33. The molecule has 0 spiro atoms. The number of anilines is 3. The molecule has 2 heterocycles. The SMILES string of the molecule is Fc1cccc(-n2c3ccccc3c3cccc(N(c4ccccc4)c4ccc5c(c4)c4ccccc4n5-c4cccc(-c5ccccc5)c4)c32)c1. The van der Waals surface area contributed by atoms with Gasteiger partial charge in [-0.15, -0.1) is 0 Å². The molecule has 0 unspecified atom stereocenters. The number of nitrogens with zero attached hydrogens (tertiary/aromatic N) is 3. The summed E-state index contributed by atoms with van der Waals surface area (Å²) < 4.78 is 19.4. The Labute approximate surface area is 300 Å². The smallest absolute Gasteiger partial charge is 0.125 e. The molecule has 3 nitrogen and oxygen atoms in total. The summed E-state index contributed by atoms with van der Waals surface area (Å²) in [6.45, 7) is 0. The maximum Gasteiger partial charge on any atom is 0.125 e. The lowest BCUT2D eigenvalue weighted by Crippen LogP contribution is -2.11. The lowest BCUT2D eigenvalue weighted by Gasteiger charge is -2.27. The molecule has 0 saturated heterocycles. The summed E-state index contributed by atoms with van der Waals surface area (Å²) in [6.07, 6.45) is 0. The van der Waals surface area contributed by atoms with E-state index in [0.29, 0.717) is 0 Å². The van der Waals surface area contributed by atoms with Gasteiger partial charge in [-0.05, 0) is 90.0 Å². The number of rotatable bonds is 6. The molecule has 0 aliphatic carbocycles. The van der Waals surface area contributed by atoms with E-state index in [4.69, 9.17) is 0 Å². The molecule has 0 saturated carbocycles. The van der Waals surface area contributed by atoms with Crippen molar-refractivity contribution in [3.63, 3.8) is 0 Å². The number of benzene rings is 8. The quantitative estimate of drug-likeness (QED) is 0.172. The molecule has 2 aromatic heterocycles. The molecule has 0 aliphatic heterocycles. The van der Waals surface area contributed by atoms with Crippen molar-refractivity contribution in [1.29, 1.82) is 0 Å². The minimum atomic E-state index is -0.267. The second-order valence-corrected chi connectivity index (χ2v) is 13.1. The summed E-state index contributed by atoms with van der Waals surface area (Å²) in [5, 5.41) is 4.57. The standard InChI is InChI=1S/C48H32FN3/c49-35-17-12-21-38(31-35)52-45-26-10-7-22-40(45)42-24-13-27-47(48(42)52)50(36-18-5-2-6-19-36)39-28-29-46-43(32-39)41-23-8-9-25-44(41)51(46)37-20-11-16-34(30-37)33-14-3-1-4-15-33/h1-32H. The second-order valence-electron chi connectivity index (χ2n) is 13.1. The maximum atomic E-state index is 14.8. The summed E-state index contributed by atoms with van der Waals surface area (Å²) in [7, 11) is 0. The Morgan fingerprint density at radius 1 is 0.365 bits per heavy atom. The number of hydrogen-bond acceptors (Lipinski definition) is 1.